The Kier molecular flexibility index (Phi) is 3.93. The predicted octanol–water partition coefficient (Wildman–Crippen LogP) is 4.30. The van der Waals surface area contributed by atoms with Crippen LogP contribution in [0.2, 0.25) is 0 Å². The second-order valence-corrected chi connectivity index (χ2v) is 6.04. The second kappa shape index (κ2) is 5.86. The van der Waals surface area contributed by atoms with Gasteiger partial charge in [-0.05, 0) is 68.0 Å². The van der Waals surface area contributed by atoms with Crippen molar-refractivity contribution in [3.8, 4) is 11.5 Å². The molecule has 0 bridgehead atoms. The van der Waals surface area contributed by atoms with Crippen molar-refractivity contribution in [2.45, 2.75) is 32.6 Å². The average Bonchev–Trinajstić information content (AvgIpc) is 2.49. The van der Waals surface area contributed by atoms with Gasteiger partial charge in [-0.15, -0.1) is 0 Å². The first-order chi connectivity index (χ1) is 10.1. The lowest BCUT2D eigenvalue weighted by atomic mass is 9.92. The monoisotopic (exact) mass is 297 g/mol. The number of thiocarbonyl (C=S) groups is 1. The van der Waals surface area contributed by atoms with Crippen LogP contribution in [0.1, 0.15) is 35.1 Å². The summed E-state index contributed by atoms with van der Waals surface area (Å²) in [6.45, 7) is 2.02. The summed E-state index contributed by atoms with van der Waals surface area (Å²) in [6, 6.07) is 12.3. The maximum absolute atomic E-state index is 6.02. The molecular weight excluding hydrogens is 278 g/mol. The van der Waals surface area contributed by atoms with E-state index in [1.807, 2.05) is 31.2 Å². The molecule has 1 aliphatic carbocycles. The highest BCUT2D eigenvalue weighted by Gasteiger charge is 2.12. The Bertz CT molecular complexity index is 694. The number of nitrogens with two attached hydrogens (primary N) is 1. The summed E-state index contributed by atoms with van der Waals surface area (Å²) in [6.07, 6.45) is 4.87. The highest BCUT2D eigenvalue weighted by atomic mass is 32.1. The van der Waals surface area contributed by atoms with Crippen LogP contribution < -0.4 is 10.5 Å². The van der Waals surface area contributed by atoms with Gasteiger partial charge in [-0.1, -0.05) is 29.9 Å². The topological polar surface area (TPSA) is 35.2 Å². The maximum Gasteiger partial charge on any atom is 0.137 e. The molecular formula is C18H19NOS. The van der Waals surface area contributed by atoms with Crippen LogP contribution in [-0.2, 0) is 12.8 Å². The van der Waals surface area contributed by atoms with Gasteiger partial charge in [0.25, 0.3) is 0 Å². The van der Waals surface area contributed by atoms with Crippen molar-refractivity contribution in [2.24, 2.45) is 5.73 Å². The molecule has 108 valence electrons. The molecule has 0 spiro atoms. The Hall–Kier alpha value is -1.87. The Morgan fingerprint density at radius 3 is 2.57 bits per heavy atom. The van der Waals surface area contributed by atoms with Crippen LogP contribution in [0.4, 0.5) is 0 Å². The summed E-state index contributed by atoms with van der Waals surface area (Å²) in [5, 5.41) is 0. The van der Waals surface area contributed by atoms with Gasteiger partial charge in [0.05, 0.1) is 5.56 Å². The van der Waals surface area contributed by atoms with E-state index in [9.17, 15) is 0 Å². The maximum atomic E-state index is 6.02. The van der Waals surface area contributed by atoms with Gasteiger partial charge < -0.3 is 10.5 Å². The van der Waals surface area contributed by atoms with Crippen LogP contribution in [0, 0.1) is 6.92 Å². The summed E-state index contributed by atoms with van der Waals surface area (Å²) in [5.41, 5.74) is 10.6. The normalized spacial score (nSPS) is 13.6. The van der Waals surface area contributed by atoms with Crippen LogP contribution in [0.25, 0.3) is 0 Å². The van der Waals surface area contributed by atoms with Crippen molar-refractivity contribution in [1.29, 1.82) is 0 Å². The van der Waals surface area contributed by atoms with Gasteiger partial charge >= 0.3 is 0 Å². The summed E-state index contributed by atoms with van der Waals surface area (Å²) in [7, 11) is 0. The van der Waals surface area contributed by atoms with Crippen molar-refractivity contribution >= 4 is 17.2 Å². The third kappa shape index (κ3) is 3.08. The quantitative estimate of drug-likeness (QED) is 0.858. The fraction of sp³-hybridized carbons (Fsp3) is 0.278. The molecule has 0 radical (unpaired) electrons. The molecule has 2 N–H and O–H groups in total. The molecule has 2 nitrogen and oxygen atoms in total. The Morgan fingerprint density at radius 1 is 1.05 bits per heavy atom. The summed E-state index contributed by atoms with van der Waals surface area (Å²) in [5.74, 6) is 1.58. The minimum atomic E-state index is 0.367. The van der Waals surface area contributed by atoms with Crippen molar-refractivity contribution in [3.63, 3.8) is 0 Å². The summed E-state index contributed by atoms with van der Waals surface area (Å²) in [4.78, 5) is 0.367. The zero-order valence-electron chi connectivity index (χ0n) is 12.2. The van der Waals surface area contributed by atoms with Gasteiger partial charge in [-0.3, -0.25) is 0 Å². The van der Waals surface area contributed by atoms with Crippen LogP contribution in [0.15, 0.2) is 36.4 Å². The fourth-order valence-corrected chi connectivity index (χ4v) is 2.99. The van der Waals surface area contributed by atoms with Gasteiger partial charge in [0.2, 0.25) is 0 Å². The lowest BCUT2D eigenvalue weighted by Gasteiger charge is -2.17. The van der Waals surface area contributed by atoms with E-state index in [-0.39, 0.29) is 0 Å². The number of fused-ring (bicyclic) bond motifs is 1. The molecule has 2 aromatic carbocycles. The molecule has 0 amide bonds. The summed E-state index contributed by atoms with van der Waals surface area (Å²) < 4.78 is 6.02. The number of hydrogen-bond acceptors (Lipinski definition) is 2. The van der Waals surface area contributed by atoms with Crippen molar-refractivity contribution in [2.75, 3.05) is 0 Å². The van der Waals surface area contributed by atoms with Crippen LogP contribution >= 0.6 is 12.2 Å². The van der Waals surface area contributed by atoms with Gasteiger partial charge in [-0.25, -0.2) is 0 Å². The first-order valence-corrected chi connectivity index (χ1v) is 7.74. The zero-order valence-corrected chi connectivity index (χ0v) is 13.0. The minimum absolute atomic E-state index is 0.367. The molecule has 0 atom stereocenters. The molecule has 3 rings (SSSR count). The van der Waals surface area contributed by atoms with Crippen molar-refractivity contribution < 1.29 is 4.74 Å². The molecule has 0 fully saturated rings. The molecule has 0 unspecified atom stereocenters. The first kappa shape index (κ1) is 14.1. The highest BCUT2D eigenvalue weighted by molar-refractivity contribution is 7.80. The third-order valence-electron chi connectivity index (χ3n) is 3.95. The van der Waals surface area contributed by atoms with Crippen LogP contribution in [0.3, 0.4) is 0 Å². The number of aryl methyl sites for hydroxylation is 3. The van der Waals surface area contributed by atoms with E-state index in [2.05, 4.69) is 12.1 Å². The average molecular weight is 297 g/mol. The molecule has 0 heterocycles. The molecule has 21 heavy (non-hydrogen) atoms. The van der Waals surface area contributed by atoms with Crippen molar-refractivity contribution in [1.82, 2.24) is 0 Å². The number of ether oxygens (including phenoxy) is 1. The van der Waals surface area contributed by atoms with Crippen LogP contribution in [0.5, 0.6) is 11.5 Å². The fourth-order valence-electron chi connectivity index (χ4n) is 2.83. The van der Waals surface area contributed by atoms with Gasteiger partial charge in [0.1, 0.15) is 16.5 Å². The van der Waals surface area contributed by atoms with E-state index in [0.717, 1.165) is 29.0 Å². The lowest BCUT2D eigenvalue weighted by molar-refractivity contribution is 0.479. The summed E-state index contributed by atoms with van der Waals surface area (Å²) >= 11 is 5.12. The largest absolute Gasteiger partial charge is 0.457 e. The highest BCUT2D eigenvalue weighted by Crippen LogP contribution is 2.30. The Balaban J connectivity index is 1.92. The number of benzene rings is 2. The molecule has 2 aromatic rings. The molecule has 0 saturated heterocycles. The predicted molar refractivity (Wildman–Crippen MR) is 90.2 cm³/mol. The Labute approximate surface area is 130 Å². The molecule has 1 aliphatic rings. The SMILES string of the molecule is Cc1ccc(Oc2ccc3c(c2)CCCC3)c(C(N)=S)c1. The standard InChI is InChI=1S/C18H19NOS/c1-12-6-9-17(16(10-12)18(19)21)20-15-8-7-13-4-2-3-5-14(13)11-15/h6-11H,2-5H2,1H3,(H2,19,21). The molecule has 0 saturated carbocycles. The van der Waals surface area contributed by atoms with E-state index >= 15 is 0 Å². The third-order valence-corrected chi connectivity index (χ3v) is 4.17. The van der Waals surface area contributed by atoms with Gasteiger partial charge in [0.15, 0.2) is 0 Å². The number of rotatable bonds is 3. The van der Waals surface area contributed by atoms with Crippen LogP contribution in [-0.4, -0.2) is 4.99 Å². The van der Waals surface area contributed by atoms with E-state index in [1.165, 1.54) is 30.4 Å². The van der Waals surface area contributed by atoms with E-state index in [4.69, 9.17) is 22.7 Å². The molecule has 3 heteroatoms. The van der Waals surface area contributed by atoms with E-state index in [1.54, 1.807) is 0 Å². The van der Waals surface area contributed by atoms with E-state index in [0.29, 0.717) is 4.99 Å². The zero-order chi connectivity index (χ0) is 14.8. The first-order valence-electron chi connectivity index (χ1n) is 7.33. The molecule has 0 aromatic heterocycles. The van der Waals surface area contributed by atoms with Gasteiger partial charge in [0, 0.05) is 0 Å². The number of hydrogen-bond donors (Lipinski definition) is 1. The minimum Gasteiger partial charge on any atom is -0.457 e. The second-order valence-electron chi connectivity index (χ2n) is 5.60. The lowest BCUT2D eigenvalue weighted by Crippen LogP contribution is -2.11. The van der Waals surface area contributed by atoms with Gasteiger partial charge in [-0.2, -0.15) is 0 Å². The van der Waals surface area contributed by atoms with E-state index < -0.39 is 0 Å². The molecule has 0 aliphatic heterocycles. The smallest absolute Gasteiger partial charge is 0.137 e. The Morgan fingerprint density at radius 2 is 1.81 bits per heavy atom. The van der Waals surface area contributed by atoms with Crippen molar-refractivity contribution in [3.05, 3.63) is 58.7 Å².